The van der Waals surface area contributed by atoms with Gasteiger partial charge in [-0.3, -0.25) is 4.79 Å². The van der Waals surface area contributed by atoms with Crippen LogP contribution in [0.25, 0.3) is 11.1 Å². The summed E-state index contributed by atoms with van der Waals surface area (Å²) in [4.78, 5) is 11.7. The standard InChI is InChI=1S/C18H17FO/c1-12(20)17-9-8-16(19)11-18(17)15-7-3-6-14(10-15)13-4-2-5-13/h3,6-11,13H,2,4-5H2,1H3. The minimum absolute atomic E-state index is 0.0333. The first kappa shape index (κ1) is 13.0. The van der Waals surface area contributed by atoms with E-state index in [1.807, 2.05) is 12.1 Å². The molecule has 3 rings (SSSR count). The lowest BCUT2D eigenvalue weighted by atomic mass is 9.79. The van der Waals surface area contributed by atoms with Crippen LogP contribution in [-0.4, -0.2) is 5.78 Å². The van der Waals surface area contributed by atoms with Gasteiger partial charge in [0, 0.05) is 5.56 Å². The van der Waals surface area contributed by atoms with Gasteiger partial charge in [0.1, 0.15) is 5.82 Å². The van der Waals surface area contributed by atoms with E-state index in [9.17, 15) is 9.18 Å². The van der Waals surface area contributed by atoms with Gasteiger partial charge in [-0.1, -0.05) is 30.7 Å². The van der Waals surface area contributed by atoms with Gasteiger partial charge >= 0.3 is 0 Å². The fourth-order valence-electron chi connectivity index (χ4n) is 2.76. The van der Waals surface area contributed by atoms with E-state index in [1.165, 1.54) is 43.9 Å². The molecule has 0 unspecified atom stereocenters. The van der Waals surface area contributed by atoms with Crippen molar-refractivity contribution in [2.45, 2.75) is 32.1 Å². The van der Waals surface area contributed by atoms with Gasteiger partial charge in [0.05, 0.1) is 0 Å². The summed E-state index contributed by atoms with van der Waals surface area (Å²) in [6, 6.07) is 12.5. The van der Waals surface area contributed by atoms with Crippen LogP contribution in [0.5, 0.6) is 0 Å². The van der Waals surface area contributed by atoms with Crippen LogP contribution in [-0.2, 0) is 0 Å². The molecule has 2 aromatic carbocycles. The molecule has 1 nitrogen and oxygen atoms in total. The molecule has 2 aromatic rings. The maximum atomic E-state index is 13.5. The normalized spacial score (nSPS) is 14.9. The molecule has 0 aliphatic heterocycles. The summed E-state index contributed by atoms with van der Waals surface area (Å²) in [5, 5.41) is 0. The molecule has 0 saturated heterocycles. The van der Waals surface area contributed by atoms with Gasteiger partial charge in [0.25, 0.3) is 0 Å². The van der Waals surface area contributed by atoms with E-state index in [4.69, 9.17) is 0 Å². The van der Waals surface area contributed by atoms with E-state index >= 15 is 0 Å². The summed E-state index contributed by atoms with van der Waals surface area (Å²) in [5.74, 6) is 0.289. The highest BCUT2D eigenvalue weighted by atomic mass is 19.1. The van der Waals surface area contributed by atoms with Gasteiger partial charge in [-0.2, -0.15) is 0 Å². The molecule has 2 heteroatoms. The Morgan fingerprint density at radius 1 is 1.15 bits per heavy atom. The van der Waals surface area contributed by atoms with Crippen LogP contribution in [0.4, 0.5) is 4.39 Å². The fraction of sp³-hybridized carbons (Fsp3) is 0.278. The second-order valence-corrected chi connectivity index (χ2v) is 5.50. The third kappa shape index (κ3) is 2.38. The topological polar surface area (TPSA) is 17.1 Å². The molecule has 0 spiro atoms. The number of Topliss-reactive ketones (excluding diaryl/α,β-unsaturated/α-hetero) is 1. The number of benzene rings is 2. The van der Waals surface area contributed by atoms with Crippen molar-refractivity contribution in [3.63, 3.8) is 0 Å². The maximum absolute atomic E-state index is 13.5. The molecule has 1 saturated carbocycles. The van der Waals surface area contributed by atoms with Crippen LogP contribution in [0.15, 0.2) is 42.5 Å². The Labute approximate surface area is 118 Å². The number of rotatable bonds is 3. The minimum Gasteiger partial charge on any atom is -0.294 e. The predicted octanol–water partition coefficient (Wildman–Crippen LogP) is 4.96. The van der Waals surface area contributed by atoms with Gasteiger partial charge in [0.2, 0.25) is 0 Å². The van der Waals surface area contributed by atoms with Gasteiger partial charge in [-0.05, 0) is 60.6 Å². The van der Waals surface area contributed by atoms with Gasteiger partial charge in [-0.25, -0.2) is 4.39 Å². The van der Waals surface area contributed by atoms with E-state index in [0.717, 1.165) is 5.56 Å². The Kier molecular flexibility index (Phi) is 3.39. The Morgan fingerprint density at radius 3 is 2.60 bits per heavy atom. The molecule has 20 heavy (non-hydrogen) atoms. The predicted molar refractivity (Wildman–Crippen MR) is 78.4 cm³/mol. The third-order valence-electron chi connectivity index (χ3n) is 4.14. The van der Waals surface area contributed by atoms with E-state index in [1.54, 1.807) is 6.07 Å². The smallest absolute Gasteiger partial charge is 0.160 e. The lowest BCUT2D eigenvalue weighted by molar-refractivity contribution is 0.101. The van der Waals surface area contributed by atoms with E-state index in [0.29, 0.717) is 17.0 Å². The summed E-state index contributed by atoms with van der Waals surface area (Å²) >= 11 is 0. The largest absolute Gasteiger partial charge is 0.294 e. The molecular weight excluding hydrogens is 251 g/mol. The molecule has 0 atom stereocenters. The Hall–Kier alpha value is -1.96. The van der Waals surface area contributed by atoms with Crippen molar-refractivity contribution in [2.75, 3.05) is 0 Å². The summed E-state index contributed by atoms with van der Waals surface area (Å²) in [7, 11) is 0. The molecular formula is C18H17FO. The van der Waals surface area contributed by atoms with E-state index in [-0.39, 0.29) is 11.6 Å². The average molecular weight is 268 g/mol. The highest BCUT2D eigenvalue weighted by Gasteiger charge is 2.20. The Bertz CT molecular complexity index is 656. The number of carbonyl (C=O) groups is 1. The molecule has 0 aromatic heterocycles. The van der Waals surface area contributed by atoms with Crippen molar-refractivity contribution >= 4 is 5.78 Å². The zero-order valence-electron chi connectivity index (χ0n) is 11.5. The molecule has 1 aliphatic rings. The van der Waals surface area contributed by atoms with Crippen molar-refractivity contribution in [1.29, 1.82) is 0 Å². The number of hydrogen-bond acceptors (Lipinski definition) is 1. The number of hydrogen-bond donors (Lipinski definition) is 0. The summed E-state index contributed by atoms with van der Waals surface area (Å²) in [6.07, 6.45) is 3.74. The van der Waals surface area contributed by atoms with Crippen molar-refractivity contribution < 1.29 is 9.18 Å². The quantitative estimate of drug-likeness (QED) is 0.719. The molecule has 1 aliphatic carbocycles. The van der Waals surface area contributed by atoms with Crippen LogP contribution in [0.1, 0.15) is 48.0 Å². The molecule has 0 radical (unpaired) electrons. The van der Waals surface area contributed by atoms with Gasteiger partial charge in [0.15, 0.2) is 5.78 Å². The fourth-order valence-corrected chi connectivity index (χ4v) is 2.76. The second-order valence-electron chi connectivity index (χ2n) is 5.50. The summed E-state index contributed by atoms with van der Waals surface area (Å²) in [5.41, 5.74) is 3.50. The highest BCUT2D eigenvalue weighted by Crippen LogP contribution is 2.38. The minimum atomic E-state index is -0.306. The van der Waals surface area contributed by atoms with Crippen molar-refractivity contribution in [3.8, 4) is 11.1 Å². The second kappa shape index (κ2) is 5.20. The Balaban J connectivity index is 2.08. The van der Waals surface area contributed by atoms with Crippen LogP contribution >= 0.6 is 0 Å². The lowest BCUT2D eigenvalue weighted by Crippen LogP contribution is -2.08. The van der Waals surface area contributed by atoms with Gasteiger partial charge < -0.3 is 0 Å². The lowest BCUT2D eigenvalue weighted by Gasteiger charge is -2.26. The number of carbonyl (C=O) groups excluding carboxylic acids is 1. The van der Waals surface area contributed by atoms with Crippen LogP contribution in [0.3, 0.4) is 0 Å². The zero-order valence-corrected chi connectivity index (χ0v) is 11.5. The maximum Gasteiger partial charge on any atom is 0.160 e. The highest BCUT2D eigenvalue weighted by molar-refractivity contribution is 6.00. The monoisotopic (exact) mass is 268 g/mol. The summed E-state index contributed by atoms with van der Waals surface area (Å²) < 4.78 is 13.5. The van der Waals surface area contributed by atoms with E-state index in [2.05, 4.69) is 12.1 Å². The average Bonchev–Trinajstić information content (AvgIpc) is 2.36. The molecule has 102 valence electrons. The van der Waals surface area contributed by atoms with Gasteiger partial charge in [-0.15, -0.1) is 0 Å². The SMILES string of the molecule is CC(=O)c1ccc(F)cc1-c1cccc(C2CCC2)c1. The molecule has 0 amide bonds. The van der Waals surface area contributed by atoms with E-state index < -0.39 is 0 Å². The van der Waals surface area contributed by atoms with Crippen LogP contribution < -0.4 is 0 Å². The first-order chi connectivity index (χ1) is 9.65. The van der Waals surface area contributed by atoms with Crippen LogP contribution in [0.2, 0.25) is 0 Å². The first-order valence-corrected chi connectivity index (χ1v) is 7.06. The molecule has 0 bridgehead atoms. The van der Waals surface area contributed by atoms with Crippen molar-refractivity contribution in [3.05, 3.63) is 59.4 Å². The third-order valence-corrected chi connectivity index (χ3v) is 4.14. The molecule has 1 fully saturated rings. The zero-order chi connectivity index (χ0) is 14.1. The molecule has 0 N–H and O–H groups in total. The Morgan fingerprint density at radius 2 is 1.95 bits per heavy atom. The first-order valence-electron chi connectivity index (χ1n) is 7.06. The van der Waals surface area contributed by atoms with Crippen LogP contribution in [0, 0.1) is 5.82 Å². The number of halogens is 1. The van der Waals surface area contributed by atoms with Crippen molar-refractivity contribution in [1.82, 2.24) is 0 Å². The molecule has 0 heterocycles. The summed E-state index contributed by atoms with van der Waals surface area (Å²) in [6.45, 7) is 1.52. The van der Waals surface area contributed by atoms with Crippen molar-refractivity contribution in [2.24, 2.45) is 0 Å². The number of ketones is 1.